The van der Waals surface area contributed by atoms with Crippen molar-refractivity contribution in [1.82, 2.24) is 10.2 Å². The summed E-state index contributed by atoms with van der Waals surface area (Å²) in [7, 11) is 2.26. The van der Waals surface area contributed by atoms with E-state index < -0.39 is 5.60 Å². The van der Waals surface area contributed by atoms with E-state index >= 15 is 0 Å². The number of nitrogens with one attached hydrogen (secondary N) is 1. The average Bonchev–Trinajstić information content (AvgIpc) is 2.39. The molecule has 0 aliphatic heterocycles. The van der Waals surface area contributed by atoms with Crippen molar-refractivity contribution >= 4 is 0 Å². The van der Waals surface area contributed by atoms with Crippen LogP contribution in [-0.2, 0) is 0 Å². The molecule has 1 rings (SSSR count). The lowest BCUT2D eigenvalue weighted by molar-refractivity contribution is 0.0557. The molecule has 0 radical (unpaired) electrons. The molecule has 0 saturated heterocycles. The third kappa shape index (κ3) is 6.17. The minimum atomic E-state index is -0.546. The topological polar surface area (TPSA) is 35.5 Å². The van der Waals surface area contributed by atoms with Gasteiger partial charge in [0.25, 0.3) is 0 Å². The van der Waals surface area contributed by atoms with Crippen LogP contribution in [0, 0.1) is 0 Å². The summed E-state index contributed by atoms with van der Waals surface area (Å²) in [5.41, 5.74) is -0.546. The number of nitrogens with zero attached hydrogens (tertiary/aromatic N) is 1. The van der Waals surface area contributed by atoms with Crippen molar-refractivity contribution in [3.8, 4) is 0 Å². The van der Waals surface area contributed by atoms with Gasteiger partial charge in [-0.05, 0) is 52.7 Å². The summed E-state index contributed by atoms with van der Waals surface area (Å²) >= 11 is 0. The molecule has 0 aromatic rings. The molecule has 0 spiro atoms. The third-order valence-corrected chi connectivity index (χ3v) is 4.33. The SMILES string of the molecule is CCC(C)(O)CNCCCN(C)C1CCCCC1. The molecule has 18 heavy (non-hydrogen) atoms. The molecule has 0 bridgehead atoms. The van der Waals surface area contributed by atoms with E-state index in [1.807, 2.05) is 13.8 Å². The fraction of sp³-hybridized carbons (Fsp3) is 1.00. The lowest BCUT2D eigenvalue weighted by atomic mass is 9.94. The molecule has 0 amide bonds. The maximum absolute atomic E-state index is 9.86. The molecule has 1 aliphatic carbocycles. The van der Waals surface area contributed by atoms with Crippen molar-refractivity contribution in [2.24, 2.45) is 0 Å². The molecule has 0 aromatic heterocycles. The van der Waals surface area contributed by atoms with Gasteiger partial charge < -0.3 is 15.3 Å². The monoisotopic (exact) mass is 256 g/mol. The Balaban J connectivity index is 2.03. The molecule has 108 valence electrons. The fourth-order valence-corrected chi connectivity index (χ4v) is 2.64. The molecular weight excluding hydrogens is 224 g/mol. The van der Waals surface area contributed by atoms with Crippen LogP contribution in [0.5, 0.6) is 0 Å². The average molecular weight is 256 g/mol. The summed E-state index contributed by atoms with van der Waals surface area (Å²) in [5, 5.41) is 13.2. The number of aliphatic hydroxyl groups is 1. The largest absolute Gasteiger partial charge is 0.389 e. The predicted octanol–water partition coefficient (Wildman–Crippen LogP) is 2.39. The smallest absolute Gasteiger partial charge is 0.0740 e. The second kappa shape index (κ2) is 8.13. The van der Waals surface area contributed by atoms with Gasteiger partial charge in [0, 0.05) is 12.6 Å². The molecule has 0 heterocycles. The highest BCUT2D eigenvalue weighted by Gasteiger charge is 2.18. The van der Waals surface area contributed by atoms with Gasteiger partial charge in [0.05, 0.1) is 5.60 Å². The molecule has 1 atom stereocenters. The quantitative estimate of drug-likeness (QED) is 0.655. The van der Waals surface area contributed by atoms with Crippen molar-refractivity contribution in [1.29, 1.82) is 0 Å². The van der Waals surface area contributed by atoms with Gasteiger partial charge in [0.15, 0.2) is 0 Å². The van der Waals surface area contributed by atoms with Gasteiger partial charge in [0.1, 0.15) is 0 Å². The molecule has 0 aromatic carbocycles. The van der Waals surface area contributed by atoms with Crippen LogP contribution in [0.15, 0.2) is 0 Å². The Hall–Kier alpha value is -0.120. The first-order chi connectivity index (χ1) is 8.55. The zero-order valence-electron chi connectivity index (χ0n) is 12.5. The molecule has 1 fully saturated rings. The van der Waals surface area contributed by atoms with Crippen LogP contribution in [-0.4, -0.2) is 48.3 Å². The lowest BCUT2D eigenvalue weighted by Gasteiger charge is -2.31. The minimum absolute atomic E-state index is 0.546. The van der Waals surface area contributed by atoms with Crippen molar-refractivity contribution in [3.05, 3.63) is 0 Å². The number of hydrogen-bond acceptors (Lipinski definition) is 3. The third-order valence-electron chi connectivity index (χ3n) is 4.33. The summed E-state index contributed by atoms with van der Waals surface area (Å²) in [4.78, 5) is 2.53. The zero-order chi connectivity index (χ0) is 13.4. The fourth-order valence-electron chi connectivity index (χ4n) is 2.64. The van der Waals surface area contributed by atoms with Gasteiger partial charge in [-0.3, -0.25) is 0 Å². The second-order valence-electron chi connectivity index (χ2n) is 6.15. The second-order valence-corrected chi connectivity index (χ2v) is 6.15. The predicted molar refractivity (Wildman–Crippen MR) is 77.9 cm³/mol. The summed E-state index contributed by atoms with van der Waals surface area (Å²) in [5.74, 6) is 0. The Kier molecular flexibility index (Phi) is 7.20. The van der Waals surface area contributed by atoms with E-state index in [0.29, 0.717) is 6.54 Å². The van der Waals surface area contributed by atoms with E-state index in [1.165, 1.54) is 45.1 Å². The Morgan fingerprint density at radius 2 is 1.94 bits per heavy atom. The Morgan fingerprint density at radius 1 is 1.28 bits per heavy atom. The van der Waals surface area contributed by atoms with E-state index in [4.69, 9.17) is 0 Å². The summed E-state index contributed by atoms with van der Waals surface area (Å²) < 4.78 is 0. The van der Waals surface area contributed by atoms with Crippen LogP contribution < -0.4 is 5.32 Å². The standard InChI is InChI=1S/C15H32N2O/c1-4-15(2,18)13-16-11-8-12-17(3)14-9-6-5-7-10-14/h14,16,18H,4-13H2,1-3H3. The summed E-state index contributed by atoms with van der Waals surface area (Å²) in [6.45, 7) is 6.81. The van der Waals surface area contributed by atoms with Crippen molar-refractivity contribution in [3.63, 3.8) is 0 Å². The highest BCUT2D eigenvalue weighted by atomic mass is 16.3. The molecule has 3 heteroatoms. The molecule has 1 saturated carbocycles. The Labute approximate surface area is 113 Å². The van der Waals surface area contributed by atoms with Gasteiger partial charge >= 0.3 is 0 Å². The van der Waals surface area contributed by atoms with Gasteiger partial charge in [0.2, 0.25) is 0 Å². The van der Waals surface area contributed by atoms with Gasteiger partial charge in [-0.15, -0.1) is 0 Å². The van der Waals surface area contributed by atoms with Gasteiger partial charge in [-0.1, -0.05) is 26.2 Å². The van der Waals surface area contributed by atoms with E-state index in [1.54, 1.807) is 0 Å². The Bertz CT molecular complexity index is 213. The van der Waals surface area contributed by atoms with E-state index in [9.17, 15) is 5.11 Å². The highest BCUT2D eigenvalue weighted by Crippen LogP contribution is 2.21. The first-order valence-corrected chi connectivity index (χ1v) is 7.68. The van der Waals surface area contributed by atoms with E-state index in [0.717, 1.165) is 19.0 Å². The zero-order valence-corrected chi connectivity index (χ0v) is 12.5. The molecular formula is C15H32N2O. The van der Waals surface area contributed by atoms with Crippen LogP contribution >= 0.6 is 0 Å². The normalized spacial score (nSPS) is 21.2. The minimum Gasteiger partial charge on any atom is -0.389 e. The summed E-state index contributed by atoms with van der Waals surface area (Å²) in [6, 6.07) is 0.817. The van der Waals surface area contributed by atoms with Crippen LogP contribution in [0.4, 0.5) is 0 Å². The van der Waals surface area contributed by atoms with E-state index in [2.05, 4.69) is 17.3 Å². The van der Waals surface area contributed by atoms with Crippen molar-refractivity contribution in [2.45, 2.75) is 70.4 Å². The van der Waals surface area contributed by atoms with Crippen LogP contribution in [0.25, 0.3) is 0 Å². The van der Waals surface area contributed by atoms with Gasteiger partial charge in [-0.25, -0.2) is 0 Å². The molecule has 1 unspecified atom stereocenters. The van der Waals surface area contributed by atoms with Gasteiger partial charge in [-0.2, -0.15) is 0 Å². The lowest BCUT2D eigenvalue weighted by Crippen LogP contribution is -2.39. The van der Waals surface area contributed by atoms with Crippen LogP contribution in [0.3, 0.4) is 0 Å². The maximum atomic E-state index is 9.86. The maximum Gasteiger partial charge on any atom is 0.0740 e. The number of rotatable bonds is 8. The molecule has 2 N–H and O–H groups in total. The molecule has 1 aliphatic rings. The van der Waals surface area contributed by atoms with Crippen LogP contribution in [0.1, 0.15) is 58.8 Å². The van der Waals surface area contributed by atoms with Crippen LogP contribution in [0.2, 0.25) is 0 Å². The first-order valence-electron chi connectivity index (χ1n) is 7.68. The van der Waals surface area contributed by atoms with E-state index in [-0.39, 0.29) is 0 Å². The first kappa shape index (κ1) is 15.9. The highest BCUT2D eigenvalue weighted by molar-refractivity contribution is 4.75. The van der Waals surface area contributed by atoms with Crippen molar-refractivity contribution < 1.29 is 5.11 Å². The van der Waals surface area contributed by atoms with Crippen molar-refractivity contribution in [2.75, 3.05) is 26.7 Å². The molecule has 3 nitrogen and oxygen atoms in total. The number of hydrogen-bond donors (Lipinski definition) is 2. The Morgan fingerprint density at radius 3 is 2.56 bits per heavy atom. The summed E-state index contributed by atoms with van der Waals surface area (Å²) in [6.07, 6.45) is 9.00.